The third-order valence-corrected chi connectivity index (χ3v) is 4.43. The average Bonchev–Trinajstić information content (AvgIpc) is 2.97. The van der Waals surface area contributed by atoms with Gasteiger partial charge in [-0.1, -0.05) is 11.6 Å². The maximum Gasteiger partial charge on any atom is 0.270 e. The standard InChI is InChI=1S/C11H12ClN3OS2.2ClH/c12-9-3-2-8(18-9)11-15-7(6-17-11)10(16)14-5-1-4-13;;/h2-3,6H,1,4-5,13H2,(H,14,16);2*1H. The minimum absolute atomic E-state index is 0. The van der Waals surface area contributed by atoms with Crippen LogP contribution in [0.25, 0.3) is 9.88 Å². The third kappa shape index (κ3) is 5.20. The Morgan fingerprint density at radius 2 is 2.15 bits per heavy atom. The van der Waals surface area contributed by atoms with E-state index < -0.39 is 0 Å². The molecular formula is C11H14Cl3N3OS2. The molecule has 20 heavy (non-hydrogen) atoms. The Morgan fingerprint density at radius 3 is 2.75 bits per heavy atom. The third-order valence-electron chi connectivity index (χ3n) is 2.19. The van der Waals surface area contributed by atoms with Gasteiger partial charge in [0.1, 0.15) is 10.7 Å². The molecule has 2 heterocycles. The summed E-state index contributed by atoms with van der Waals surface area (Å²) in [6.07, 6.45) is 0.767. The highest BCUT2D eigenvalue weighted by Crippen LogP contribution is 2.32. The fourth-order valence-corrected chi connectivity index (χ4v) is 3.23. The van der Waals surface area contributed by atoms with E-state index in [1.807, 2.05) is 12.1 Å². The quantitative estimate of drug-likeness (QED) is 0.788. The van der Waals surface area contributed by atoms with E-state index in [2.05, 4.69) is 10.3 Å². The van der Waals surface area contributed by atoms with E-state index in [9.17, 15) is 4.79 Å². The zero-order valence-electron chi connectivity index (χ0n) is 10.3. The fourth-order valence-electron chi connectivity index (χ4n) is 1.31. The first-order chi connectivity index (χ1) is 8.70. The van der Waals surface area contributed by atoms with Crippen LogP contribution in [0.4, 0.5) is 0 Å². The number of nitrogens with one attached hydrogen (secondary N) is 1. The predicted molar refractivity (Wildman–Crippen MR) is 90.9 cm³/mol. The summed E-state index contributed by atoms with van der Waals surface area (Å²) in [6, 6.07) is 3.73. The van der Waals surface area contributed by atoms with Crippen molar-refractivity contribution in [2.75, 3.05) is 13.1 Å². The van der Waals surface area contributed by atoms with Gasteiger partial charge in [0, 0.05) is 11.9 Å². The molecular weight excluding hydrogens is 361 g/mol. The summed E-state index contributed by atoms with van der Waals surface area (Å²) in [6.45, 7) is 1.14. The molecule has 0 atom stereocenters. The second-order valence-electron chi connectivity index (χ2n) is 3.54. The first kappa shape index (κ1) is 19.6. The first-order valence-corrected chi connectivity index (χ1v) is 7.47. The number of aromatic nitrogens is 1. The minimum atomic E-state index is -0.159. The number of halogens is 3. The first-order valence-electron chi connectivity index (χ1n) is 5.40. The van der Waals surface area contributed by atoms with Gasteiger partial charge < -0.3 is 11.1 Å². The van der Waals surface area contributed by atoms with Crippen molar-refractivity contribution in [2.24, 2.45) is 5.73 Å². The topological polar surface area (TPSA) is 68.0 Å². The Labute approximate surface area is 142 Å². The Hall–Kier alpha value is -0.370. The summed E-state index contributed by atoms with van der Waals surface area (Å²) in [5.74, 6) is -0.159. The summed E-state index contributed by atoms with van der Waals surface area (Å²) in [7, 11) is 0. The monoisotopic (exact) mass is 373 g/mol. The number of nitrogens with two attached hydrogens (primary N) is 1. The van der Waals surface area contributed by atoms with Gasteiger partial charge in [-0.05, 0) is 25.1 Å². The molecule has 9 heteroatoms. The van der Waals surface area contributed by atoms with E-state index in [1.54, 1.807) is 5.38 Å². The van der Waals surface area contributed by atoms with Crippen molar-refractivity contribution in [3.05, 3.63) is 27.5 Å². The molecule has 2 aromatic heterocycles. The zero-order valence-corrected chi connectivity index (χ0v) is 14.3. The lowest BCUT2D eigenvalue weighted by atomic mass is 10.4. The molecule has 2 aromatic rings. The van der Waals surface area contributed by atoms with Crippen LogP contribution in [-0.4, -0.2) is 24.0 Å². The summed E-state index contributed by atoms with van der Waals surface area (Å²) >= 11 is 8.76. The smallest absolute Gasteiger partial charge is 0.270 e. The van der Waals surface area contributed by atoms with Crippen molar-refractivity contribution in [2.45, 2.75) is 6.42 Å². The Morgan fingerprint density at radius 1 is 1.40 bits per heavy atom. The maximum absolute atomic E-state index is 11.7. The normalized spacial score (nSPS) is 9.50. The van der Waals surface area contributed by atoms with E-state index in [0.717, 1.165) is 16.3 Å². The number of thiophene rings is 1. The second kappa shape index (κ2) is 9.55. The van der Waals surface area contributed by atoms with Crippen molar-refractivity contribution >= 4 is 65.0 Å². The van der Waals surface area contributed by atoms with Crippen molar-refractivity contribution in [3.63, 3.8) is 0 Å². The molecule has 0 bridgehead atoms. The van der Waals surface area contributed by atoms with Crippen LogP contribution in [0.2, 0.25) is 4.34 Å². The molecule has 0 spiro atoms. The van der Waals surface area contributed by atoms with Crippen molar-refractivity contribution in [1.29, 1.82) is 0 Å². The summed E-state index contributed by atoms with van der Waals surface area (Å²) in [5, 5.41) is 5.34. The number of carbonyl (C=O) groups excluding carboxylic acids is 1. The van der Waals surface area contributed by atoms with Crippen LogP contribution in [0, 0.1) is 0 Å². The van der Waals surface area contributed by atoms with E-state index in [0.29, 0.717) is 23.1 Å². The summed E-state index contributed by atoms with van der Waals surface area (Å²) < 4.78 is 0.717. The van der Waals surface area contributed by atoms with Gasteiger partial charge in [0.2, 0.25) is 0 Å². The average molecular weight is 375 g/mol. The van der Waals surface area contributed by atoms with Gasteiger partial charge >= 0.3 is 0 Å². The van der Waals surface area contributed by atoms with Crippen LogP contribution < -0.4 is 11.1 Å². The van der Waals surface area contributed by atoms with Crippen molar-refractivity contribution < 1.29 is 4.79 Å². The SMILES string of the molecule is Cl.Cl.NCCCNC(=O)c1csc(-c2ccc(Cl)s2)n1. The predicted octanol–water partition coefficient (Wildman–Crippen LogP) is 3.45. The lowest BCUT2D eigenvalue weighted by molar-refractivity contribution is 0.0949. The van der Waals surface area contributed by atoms with Crippen molar-refractivity contribution in [1.82, 2.24) is 10.3 Å². The lowest BCUT2D eigenvalue weighted by Gasteiger charge is -2.00. The van der Waals surface area contributed by atoms with Gasteiger partial charge in [0.05, 0.1) is 9.21 Å². The van der Waals surface area contributed by atoms with E-state index in [-0.39, 0.29) is 30.7 Å². The highest BCUT2D eigenvalue weighted by atomic mass is 35.5. The highest BCUT2D eigenvalue weighted by Gasteiger charge is 2.12. The lowest BCUT2D eigenvalue weighted by Crippen LogP contribution is -2.26. The van der Waals surface area contributed by atoms with Gasteiger partial charge in [-0.25, -0.2) is 4.98 Å². The largest absolute Gasteiger partial charge is 0.351 e. The molecule has 0 aliphatic heterocycles. The number of nitrogens with zero attached hydrogens (tertiary/aromatic N) is 1. The van der Waals surface area contributed by atoms with Crippen LogP contribution in [0.5, 0.6) is 0 Å². The molecule has 2 rings (SSSR count). The molecule has 0 aliphatic carbocycles. The molecule has 0 radical (unpaired) electrons. The molecule has 0 saturated heterocycles. The molecule has 3 N–H and O–H groups in total. The summed E-state index contributed by atoms with van der Waals surface area (Å²) in [5.41, 5.74) is 5.80. The molecule has 0 aliphatic rings. The number of hydrogen-bond donors (Lipinski definition) is 2. The van der Waals surface area contributed by atoms with E-state index in [1.165, 1.54) is 22.7 Å². The van der Waals surface area contributed by atoms with Crippen LogP contribution >= 0.6 is 59.1 Å². The van der Waals surface area contributed by atoms with Gasteiger partial charge in [-0.15, -0.1) is 47.5 Å². The van der Waals surface area contributed by atoms with Crippen molar-refractivity contribution in [3.8, 4) is 9.88 Å². The number of hydrogen-bond acceptors (Lipinski definition) is 5. The number of carbonyl (C=O) groups is 1. The number of amides is 1. The second-order valence-corrected chi connectivity index (χ2v) is 6.11. The van der Waals surface area contributed by atoms with Gasteiger partial charge in [0.25, 0.3) is 5.91 Å². The Balaban J connectivity index is 0.00000180. The maximum atomic E-state index is 11.7. The zero-order chi connectivity index (χ0) is 13.0. The van der Waals surface area contributed by atoms with Gasteiger partial charge in [-0.3, -0.25) is 4.79 Å². The molecule has 0 fully saturated rings. The fraction of sp³-hybridized carbons (Fsp3) is 0.273. The van der Waals surface area contributed by atoms with Gasteiger partial charge in [-0.2, -0.15) is 0 Å². The van der Waals surface area contributed by atoms with E-state index in [4.69, 9.17) is 17.3 Å². The molecule has 0 aromatic carbocycles. The Kier molecular flexibility index (Phi) is 9.37. The van der Waals surface area contributed by atoms with E-state index >= 15 is 0 Å². The van der Waals surface area contributed by atoms with Crippen LogP contribution in [0.15, 0.2) is 17.5 Å². The van der Waals surface area contributed by atoms with Crippen LogP contribution in [-0.2, 0) is 0 Å². The molecule has 0 saturated carbocycles. The van der Waals surface area contributed by atoms with Gasteiger partial charge in [0.15, 0.2) is 0 Å². The number of thiazole rings is 1. The molecule has 0 unspecified atom stereocenters. The van der Waals surface area contributed by atoms with Crippen LogP contribution in [0.1, 0.15) is 16.9 Å². The minimum Gasteiger partial charge on any atom is -0.351 e. The van der Waals surface area contributed by atoms with Crippen LogP contribution in [0.3, 0.4) is 0 Å². The molecule has 1 amide bonds. The summed E-state index contributed by atoms with van der Waals surface area (Å²) in [4.78, 5) is 17.0. The number of rotatable bonds is 5. The Bertz CT molecular complexity index is 545. The molecule has 4 nitrogen and oxygen atoms in total. The highest BCUT2D eigenvalue weighted by molar-refractivity contribution is 7.23. The molecule has 112 valence electrons.